The van der Waals surface area contributed by atoms with Gasteiger partial charge in [-0.1, -0.05) is 13.3 Å². The Labute approximate surface area is 90.6 Å². The maximum absolute atomic E-state index is 11.5. The highest BCUT2D eigenvalue weighted by molar-refractivity contribution is 5.83. The lowest BCUT2D eigenvalue weighted by Crippen LogP contribution is -2.51. The summed E-state index contributed by atoms with van der Waals surface area (Å²) in [5.41, 5.74) is 10.1. The molecule has 5 nitrogen and oxygen atoms in total. The molecule has 0 unspecified atom stereocenters. The van der Waals surface area contributed by atoms with E-state index in [0.717, 1.165) is 6.42 Å². The van der Waals surface area contributed by atoms with E-state index < -0.39 is 17.5 Å². The molecule has 0 aliphatic rings. The van der Waals surface area contributed by atoms with E-state index in [0.29, 0.717) is 6.42 Å². The maximum atomic E-state index is 11.5. The fourth-order valence-corrected chi connectivity index (χ4v) is 1.35. The van der Waals surface area contributed by atoms with Crippen molar-refractivity contribution in [2.24, 2.45) is 11.5 Å². The van der Waals surface area contributed by atoms with Gasteiger partial charge in [-0.25, -0.2) is 0 Å². The van der Waals surface area contributed by atoms with Crippen LogP contribution in [-0.2, 0) is 9.59 Å². The molecule has 0 rings (SSSR count). The molecule has 15 heavy (non-hydrogen) atoms. The minimum Gasteiger partial charge on any atom is -0.370 e. The van der Waals surface area contributed by atoms with Crippen molar-refractivity contribution in [3.05, 3.63) is 0 Å². The van der Waals surface area contributed by atoms with Gasteiger partial charge in [-0.15, -0.1) is 0 Å². The molecule has 0 bridgehead atoms. The van der Waals surface area contributed by atoms with E-state index in [2.05, 4.69) is 5.32 Å². The quantitative estimate of drug-likeness (QED) is 0.576. The Morgan fingerprint density at radius 1 is 1.40 bits per heavy atom. The van der Waals surface area contributed by atoms with E-state index in [4.69, 9.17) is 11.5 Å². The van der Waals surface area contributed by atoms with Crippen molar-refractivity contribution >= 4 is 11.8 Å². The number of primary amides is 1. The Morgan fingerprint density at radius 2 is 1.93 bits per heavy atom. The van der Waals surface area contributed by atoms with Crippen molar-refractivity contribution in [3.8, 4) is 0 Å². The number of carbonyl (C=O) groups excluding carboxylic acids is 2. The predicted molar refractivity (Wildman–Crippen MR) is 58.9 cm³/mol. The molecule has 88 valence electrons. The fourth-order valence-electron chi connectivity index (χ4n) is 1.35. The Morgan fingerprint density at radius 3 is 2.33 bits per heavy atom. The van der Waals surface area contributed by atoms with Crippen molar-refractivity contribution in [1.29, 1.82) is 0 Å². The van der Waals surface area contributed by atoms with Crippen LogP contribution in [0.5, 0.6) is 0 Å². The van der Waals surface area contributed by atoms with Crippen LogP contribution in [0.15, 0.2) is 0 Å². The molecule has 0 radical (unpaired) electrons. The third-order valence-electron chi connectivity index (χ3n) is 2.01. The van der Waals surface area contributed by atoms with Crippen LogP contribution in [0, 0.1) is 0 Å². The first-order valence-electron chi connectivity index (χ1n) is 5.14. The lowest BCUT2D eigenvalue weighted by Gasteiger charge is -2.26. The number of nitrogens with two attached hydrogens (primary N) is 2. The summed E-state index contributed by atoms with van der Waals surface area (Å²) < 4.78 is 0. The summed E-state index contributed by atoms with van der Waals surface area (Å²) in [7, 11) is 0. The molecule has 1 atom stereocenters. The Balaban J connectivity index is 4.20. The number of hydrogen-bond acceptors (Lipinski definition) is 3. The summed E-state index contributed by atoms with van der Waals surface area (Å²) in [6.45, 7) is 5.45. The van der Waals surface area contributed by atoms with Crippen molar-refractivity contribution in [1.82, 2.24) is 5.32 Å². The van der Waals surface area contributed by atoms with Crippen molar-refractivity contribution in [3.63, 3.8) is 0 Å². The van der Waals surface area contributed by atoms with Gasteiger partial charge in [-0.3, -0.25) is 9.59 Å². The molecule has 2 amide bonds. The first kappa shape index (κ1) is 13.9. The molecule has 0 saturated carbocycles. The average Bonchev–Trinajstić information content (AvgIpc) is 2.00. The Bertz CT molecular complexity index is 239. The van der Waals surface area contributed by atoms with Crippen molar-refractivity contribution in [2.45, 2.75) is 51.6 Å². The molecule has 0 aliphatic heterocycles. The van der Waals surface area contributed by atoms with Crippen LogP contribution in [0.3, 0.4) is 0 Å². The van der Waals surface area contributed by atoms with Crippen LogP contribution in [-0.4, -0.2) is 23.4 Å². The zero-order valence-electron chi connectivity index (χ0n) is 9.67. The summed E-state index contributed by atoms with van der Waals surface area (Å²) in [6, 6.07) is -0.512. The molecule has 0 spiro atoms. The van der Waals surface area contributed by atoms with E-state index >= 15 is 0 Å². The van der Waals surface area contributed by atoms with Gasteiger partial charge in [0.1, 0.15) is 0 Å². The van der Waals surface area contributed by atoms with Crippen LogP contribution >= 0.6 is 0 Å². The van der Waals surface area contributed by atoms with E-state index in [1.165, 1.54) is 0 Å². The van der Waals surface area contributed by atoms with E-state index in [9.17, 15) is 9.59 Å². The molecule has 0 aromatic carbocycles. The second kappa shape index (κ2) is 5.70. The van der Waals surface area contributed by atoms with Gasteiger partial charge in [0, 0.05) is 12.0 Å². The van der Waals surface area contributed by atoms with Gasteiger partial charge in [-0.05, 0) is 20.3 Å². The molecule has 5 heteroatoms. The monoisotopic (exact) mass is 215 g/mol. The second-order valence-corrected chi connectivity index (χ2v) is 4.41. The van der Waals surface area contributed by atoms with Crippen molar-refractivity contribution < 1.29 is 9.59 Å². The zero-order chi connectivity index (χ0) is 12.1. The summed E-state index contributed by atoms with van der Waals surface area (Å²) in [5, 5.41) is 2.71. The van der Waals surface area contributed by atoms with Crippen LogP contribution < -0.4 is 16.8 Å². The molecule has 0 aromatic rings. The minimum absolute atomic E-state index is 0.109. The normalized spacial score (nSPS) is 13.3. The molecule has 0 aromatic heterocycles. The standard InChI is InChI=1S/C10H21N3O2/c1-4-5-7(11)9(15)13-10(2,3)6-8(12)14/h7H,4-6,11H2,1-3H3,(H2,12,14)(H,13,15)/t7-/m1/s1. The van der Waals surface area contributed by atoms with Crippen LogP contribution in [0.1, 0.15) is 40.0 Å². The number of amides is 2. The highest BCUT2D eigenvalue weighted by atomic mass is 16.2. The first-order valence-corrected chi connectivity index (χ1v) is 5.14. The van der Waals surface area contributed by atoms with E-state index in [-0.39, 0.29) is 12.3 Å². The molecular weight excluding hydrogens is 194 g/mol. The van der Waals surface area contributed by atoms with Gasteiger partial charge >= 0.3 is 0 Å². The molecule has 5 N–H and O–H groups in total. The van der Waals surface area contributed by atoms with Crippen LogP contribution in [0.25, 0.3) is 0 Å². The van der Waals surface area contributed by atoms with Crippen molar-refractivity contribution in [2.75, 3.05) is 0 Å². The highest BCUT2D eigenvalue weighted by Gasteiger charge is 2.25. The molecule has 0 heterocycles. The third kappa shape index (κ3) is 6.06. The summed E-state index contributed by atoms with van der Waals surface area (Å²) in [5.74, 6) is -0.674. The van der Waals surface area contributed by atoms with Gasteiger partial charge in [-0.2, -0.15) is 0 Å². The van der Waals surface area contributed by atoms with Gasteiger partial charge < -0.3 is 16.8 Å². The van der Waals surface area contributed by atoms with Gasteiger partial charge in [0.05, 0.1) is 6.04 Å². The van der Waals surface area contributed by atoms with Crippen LogP contribution in [0.2, 0.25) is 0 Å². The SMILES string of the molecule is CCC[C@@H](N)C(=O)NC(C)(C)CC(N)=O. The molecular formula is C10H21N3O2. The highest BCUT2D eigenvalue weighted by Crippen LogP contribution is 2.08. The molecule has 0 fully saturated rings. The number of hydrogen-bond donors (Lipinski definition) is 3. The largest absolute Gasteiger partial charge is 0.370 e. The maximum Gasteiger partial charge on any atom is 0.237 e. The Hall–Kier alpha value is -1.10. The lowest BCUT2D eigenvalue weighted by atomic mass is 9.99. The van der Waals surface area contributed by atoms with Gasteiger partial charge in [0.2, 0.25) is 11.8 Å². The first-order chi connectivity index (χ1) is 6.78. The number of rotatable bonds is 6. The minimum atomic E-state index is -0.631. The lowest BCUT2D eigenvalue weighted by molar-refractivity contribution is -0.125. The summed E-state index contributed by atoms with van der Waals surface area (Å²) in [4.78, 5) is 22.3. The van der Waals surface area contributed by atoms with Gasteiger partial charge in [0.15, 0.2) is 0 Å². The summed E-state index contributed by atoms with van der Waals surface area (Å²) >= 11 is 0. The van der Waals surface area contributed by atoms with E-state index in [1.54, 1.807) is 13.8 Å². The smallest absolute Gasteiger partial charge is 0.237 e. The molecule has 0 saturated heterocycles. The predicted octanol–water partition coefficient (Wildman–Crippen LogP) is -0.116. The zero-order valence-corrected chi connectivity index (χ0v) is 9.67. The number of nitrogens with one attached hydrogen (secondary N) is 1. The third-order valence-corrected chi connectivity index (χ3v) is 2.01. The average molecular weight is 215 g/mol. The fraction of sp³-hybridized carbons (Fsp3) is 0.800. The second-order valence-electron chi connectivity index (χ2n) is 4.41. The molecule has 0 aliphatic carbocycles. The topological polar surface area (TPSA) is 98.2 Å². The Kier molecular flexibility index (Phi) is 5.28. The van der Waals surface area contributed by atoms with Gasteiger partial charge in [0.25, 0.3) is 0 Å². The van der Waals surface area contributed by atoms with Crippen LogP contribution in [0.4, 0.5) is 0 Å². The summed E-state index contributed by atoms with van der Waals surface area (Å²) in [6.07, 6.45) is 1.60. The van der Waals surface area contributed by atoms with E-state index in [1.807, 2.05) is 6.92 Å². The number of carbonyl (C=O) groups is 2.